The Kier molecular flexibility index (Phi) is 4.99. The summed E-state index contributed by atoms with van der Waals surface area (Å²) in [5.74, 6) is 1.63. The Morgan fingerprint density at radius 3 is 2.65 bits per heavy atom. The maximum atomic E-state index is 12.3. The van der Waals surface area contributed by atoms with Crippen molar-refractivity contribution in [3.8, 4) is 0 Å². The van der Waals surface area contributed by atoms with Crippen LogP contribution in [0.2, 0.25) is 0 Å². The molecule has 2 heterocycles. The molecular weight excluding hydrogens is 286 g/mol. The molecular formula is C19H27N3O. The van der Waals surface area contributed by atoms with Gasteiger partial charge in [-0.3, -0.25) is 4.79 Å². The third-order valence-electron chi connectivity index (χ3n) is 4.78. The van der Waals surface area contributed by atoms with Gasteiger partial charge in [0.2, 0.25) is 5.91 Å². The molecule has 1 fully saturated rings. The van der Waals surface area contributed by atoms with E-state index in [4.69, 9.17) is 4.98 Å². The fourth-order valence-corrected chi connectivity index (χ4v) is 3.47. The van der Waals surface area contributed by atoms with Crippen molar-refractivity contribution in [1.29, 1.82) is 0 Å². The Balaban J connectivity index is 1.88. The van der Waals surface area contributed by atoms with Gasteiger partial charge in [0.05, 0.1) is 11.0 Å². The van der Waals surface area contributed by atoms with Crippen molar-refractivity contribution in [1.82, 2.24) is 14.5 Å². The predicted octanol–water partition coefficient (Wildman–Crippen LogP) is 3.95. The van der Waals surface area contributed by atoms with Crippen LogP contribution in [-0.4, -0.2) is 33.4 Å². The molecule has 23 heavy (non-hydrogen) atoms. The van der Waals surface area contributed by atoms with Crippen LogP contribution in [0.5, 0.6) is 0 Å². The van der Waals surface area contributed by atoms with E-state index in [0.29, 0.717) is 6.42 Å². The molecule has 2 aromatic rings. The lowest BCUT2D eigenvalue weighted by Gasteiger charge is -2.16. The SMILES string of the molecule is CCCCN1C[C@@H](c2nc3ccccc3n2CCCC)CC1=O. The number of unbranched alkanes of at least 4 members (excludes halogenated alkanes) is 2. The van der Waals surface area contributed by atoms with Gasteiger partial charge in [-0.2, -0.15) is 0 Å². The van der Waals surface area contributed by atoms with E-state index in [-0.39, 0.29) is 11.8 Å². The summed E-state index contributed by atoms with van der Waals surface area (Å²) >= 11 is 0. The third kappa shape index (κ3) is 3.26. The molecule has 0 aliphatic carbocycles. The van der Waals surface area contributed by atoms with E-state index >= 15 is 0 Å². The van der Waals surface area contributed by atoms with E-state index in [1.54, 1.807) is 0 Å². The van der Waals surface area contributed by atoms with Crippen LogP contribution in [0.4, 0.5) is 0 Å². The second-order valence-corrected chi connectivity index (χ2v) is 6.56. The van der Waals surface area contributed by atoms with Crippen LogP contribution in [0.25, 0.3) is 11.0 Å². The highest BCUT2D eigenvalue weighted by atomic mass is 16.2. The molecule has 1 aromatic carbocycles. The molecule has 1 atom stereocenters. The van der Waals surface area contributed by atoms with Gasteiger partial charge in [0.25, 0.3) is 0 Å². The van der Waals surface area contributed by atoms with Gasteiger partial charge in [0.1, 0.15) is 5.82 Å². The van der Waals surface area contributed by atoms with Crippen LogP contribution in [0.15, 0.2) is 24.3 Å². The highest BCUT2D eigenvalue weighted by Crippen LogP contribution is 2.30. The number of rotatable bonds is 7. The quantitative estimate of drug-likeness (QED) is 0.776. The number of nitrogens with zero attached hydrogens (tertiary/aromatic N) is 3. The number of likely N-dealkylation sites (tertiary alicyclic amines) is 1. The van der Waals surface area contributed by atoms with Crippen molar-refractivity contribution in [2.75, 3.05) is 13.1 Å². The zero-order valence-corrected chi connectivity index (χ0v) is 14.3. The minimum Gasteiger partial charge on any atom is -0.342 e. The van der Waals surface area contributed by atoms with Crippen molar-refractivity contribution in [3.05, 3.63) is 30.1 Å². The number of carbonyl (C=O) groups excluding carboxylic acids is 1. The van der Waals surface area contributed by atoms with Gasteiger partial charge in [-0.25, -0.2) is 4.98 Å². The molecule has 1 aliphatic heterocycles. The van der Waals surface area contributed by atoms with Crippen molar-refractivity contribution in [3.63, 3.8) is 0 Å². The molecule has 1 aromatic heterocycles. The summed E-state index contributed by atoms with van der Waals surface area (Å²) in [7, 11) is 0. The first-order valence-corrected chi connectivity index (χ1v) is 8.97. The van der Waals surface area contributed by atoms with Crippen LogP contribution in [0, 0.1) is 0 Å². The molecule has 1 aliphatic rings. The first-order chi connectivity index (χ1) is 11.2. The largest absolute Gasteiger partial charge is 0.342 e. The standard InChI is InChI=1S/C19H27N3O/c1-3-5-11-21-14-15(13-18(21)23)19-20-16-9-7-8-10-17(16)22(19)12-6-4-2/h7-10,15H,3-6,11-14H2,1-2H3/t15-/m0/s1. The number of fused-ring (bicyclic) bond motifs is 1. The third-order valence-corrected chi connectivity index (χ3v) is 4.78. The second kappa shape index (κ2) is 7.16. The first kappa shape index (κ1) is 16.0. The zero-order valence-electron chi connectivity index (χ0n) is 14.3. The van der Waals surface area contributed by atoms with E-state index in [2.05, 4.69) is 36.6 Å². The summed E-state index contributed by atoms with van der Waals surface area (Å²) in [5.41, 5.74) is 2.26. The summed E-state index contributed by atoms with van der Waals surface area (Å²) in [6.07, 6.45) is 5.14. The number of imidazole rings is 1. The number of hydrogen-bond acceptors (Lipinski definition) is 2. The van der Waals surface area contributed by atoms with Gasteiger partial charge in [-0.05, 0) is 25.0 Å². The van der Waals surface area contributed by atoms with Gasteiger partial charge in [0.15, 0.2) is 0 Å². The number of carbonyl (C=O) groups is 1. The molecule has 0 bridgehead atoms. The summed E-state index contributed by atoms with van der Waals surface area (Å²) in [5, 5.41) is 0. The molecule has 1 amide bonds. The lowest BCUT2D eigenvalue weighted by Crippen LogP contribution is -2.26. The Hall–Kier alpha value is -1.84. The molecule has 0 radical (unpaired) electrons. The highest BCUT2D eigenvalue weighted by molar-refractivity contribution is 5.80. The fourth-order valence-electron chi connectivity index (χ4n) is 3.47. The first-order valence-electron chi connectivity index (χ1n) is 8.97. The van der Waals surface area contributed by atoms with Crippen LogP contribution < -0.4 is 0 Å². The molecule has 1 saturated heterocycles. The number of para-hydroxylation sites is 2. The molecule has 4 nitrogen and oxygen atoms in total. The molecule has 0 spiro atoms. The Bertz CT molecular complexity index is 676. The summed E-state index contributed by atoms with van der Waals surface area (Å²) in [4.78, 5) is 19.2. The van der Waals surface area contributed by atoms with Gasteiger partial charge in [-0.1, -0.05) is 38.8 Å². The lowest BCUT2D eigenvalue weighted by atomic mass is 10.1. The Morgan fingerprint density at radius 1 is 1.13 bits per heavy atom. The highest BCUT2D eigenvalue weighted by Gasteiger charge is 2.33. The van der Waals surface area contributed by atoms with Crippen molar-refractivity contribution in [2.45, 2.75) is 58.4 Å². The molecule has 0 unspecified atom stereocenters. The molecule has 124 valence electrons. The minimum absolute atomic E-state index is 0.239. The maximum Gasteiger partial charge on any atom is 0.223 e. The summed E-state index contributed by atoms with van der Waals surface area (Å²) in [6, 6.07) is 8.33. The second-order valence-electron chi connectivity index (χ2n) is 6.56. The topological polar surface area (TPSA) is 38.1 Å². The maximum absolute atomic E-state index is 12.3. The lowest BCUT2D eigenvalue weighted by molar-refractivity contribution is -0.127. The average molecular weight is 313 g/mol. The predicted molar refractivity (Wildman–Crippen MR) is 93.5 cm³/mol. The van der Waals surface area contributed by atoms with E-state index in [1.807, 2.05) is 11.0 Å². The fraction of sp³-hybridized carbons (Fsp3) is 0.579. The molecule has 0 saturated carbocycles. The van der Waals surface area contributed by atoms with Crippen molar-refractivity contribution in [2.24, 2.45) is 0 Å². The van der Waals surface area contributed by atoms with Gasteiger partial charge in [0, 0.05) is 32.0 Å². The minimum atomic E-state index is 0.239. The Labute approximate surface area is 138 Å². The number of aryl methyl sites for hydroxylation is 1. The molecule has 4 heteroatoms. The molecule has 3 rings (SSSR count). The van der Waals surface area contributed by atoms with Crippen LogP contribution in [-0.2, 0) is 11.3 Å². The van der Waals surface area contributed by atoms with Crippen LogP contribution in [0.3, 0.4) is 0 Å². The van der Waals surface area contributed by atoms with Gasteiger partial charge < -0.3 is 9.47 Å². The van der Waals surface area contributed by atoms with E-state index in [9.17, 15) is 4.79 Å². The zero-order chi connectivity index (χ0) is 16.2. The van der Waals surface area contributed by atoms with Crippen molar-refractivity contribution >= 4 is 16.9 Å². The average Bonchev–Trinajstić information content (AvgIpc) is 3.11. The number of benzene rings is 1. The van der Waals surface area contributed by atoms with E-state index in [0.717, 1.165) is 56.7 Å². The van der Waals surface area contributed by atoms with E-state index in [1.165, 1.54) is 5.52 Å². The normalized spacial score (nSPS) is 18.3. The van der Waals surface area contributed by atoms with Crippen LogP contribution >= 0.6 is 0 Å². The van der Waals surface area contributed by atoms with Gasteiger partial charge >= 0.3 is 0 Å². The van der Waals surface area contributed by atoms with Crippen molar-refractivity contribution < 1.29 is 4.79 Å². The number of amides is 1. The molecule has 0 N–H and O–H groups in total. The number of aromatic nitrogens is 2. The van der Waals surface area contributed by atoms with E-state index < -0.39 is 0 Å². The monoisotopic (exact) mass is 313 g/mol. The van der Waals surface area contributed by atoms with Crippen LogP contribution in [0.1, 0.15) is 57.7 Å². The summed E-state index contributed by atoms with van der Waals surface area (Å²) in [6.45, 7) is 7.09. The Morgan fingerprint density at radius 2 is 1.87 bits per heavy atom. The summed E-state index contributed by atoms with van der Waals surface area (Å²) < 4.78 is 2.35. The van der Waals surface area contributed by atoms with Gasteiger partial charge in [-0.15, -0.1) is 0 Å². The number of hydrogen-bond donors (Lipinski definition) is 0. The smallest absolute Gasteiger partial charge is 0.223 e.